The predicted octanol–water partition coefficient (Wildman–Crippen LogP) is 8.25. The van der Waals surface area contributed by atoms with Gasteiger partial charge >= 0.3 is 0 Å². The first kappa shape index (κ1) is 39.1. The highest BCUT2D eigenvalue weighted by Crippen LogP contribution is 2.47. The number of hydrogen-bond donors (Lipinski definition) is 2. The van der Waals surface area contributed by atoms with E-state index in [0.29, 0.717) is 29.9 Å². The fourth-order valence-corrected chi connectivity index (χ4v) is 10.1. The Hall–Kier alpha value is -2.13. The summed E-state index contributed by atoms with van der Waals surface area (Å²) in [6.07, 6.45) is 9.02. The average Bonchev–Trinajstić information content (AvgIpc) is 3.29. The number of piperidine rings is 1. The number of nitrogens with zero attached hydrogens (tertiary/aromatic N) is 2. The van der Waals surface area contributed by atoms with E-state index in [1.807, 2.05) is 39.0 Å². The Kier molecular flexibility index (Phi) is 14.1. The van der Waals surface area contributed by atoms with Gasteiger partial charge in [-0.25, -0.2) is 4.21 Å². The molecule has 4 aliphatic rings. The van der Waals surface area contributed by atoms with E-state index in [2.05, 4.69) is 47.5 Å². The van der Waals surface area contributed by atoms with Crippen LogP contribution in [0.25, 0.3) is 0 Å². The van der Waals surface area contributed by atoms with Crippen LogP contribution < -0.4 is 14.4 Å². The fraction of sp³-hybridized carbons (Fsp3) is 0.683. The number of nitrogens with one attached hydrogen (secondary N) is 1. The fourth-order valence-electron chi connectivity index (χ4n) is 8.85. The van der Waals surface area contributed by atoms with Crippen LogP contribution in [0.1, 0.15) is 113 Å². The molecule has 50 heavy (non-hydrogen) atoms. The van der Waals surface area contributed by atoms with E-state index in [0.717, 1.165) is 100 Å². The first-order chi connectivity index (χ1) is 24.1. The number of halogens is 1. The van der Waals surface area contributed by atoms with Gasteiger partial charge in [0.25, 0.3) is 5.91 Å². The van der Waals surface area contributed by atoms with Crippen LogP contribution in [-0.4, -0.2) is 71.3 Å². The average molecular weight is 728 g/mol. The van der Waals surface area contributed by atoms with Crippen molar-refractivity contribution in [1.82, 2.24) is 9.62 Å². The lowest BCUT2D eigenvalue weighted by molar-refractivity contribution is -0.0413. The first-order valence-corrected chi connectivity index (χ1v) is 21.1. The molecule has 8 atom stereocenters. The van der Waals surface area contributed by atoms with Gasteiger partial charge < -0.3 is 19.6 Å². The van der Waals surface area contributed by atoms with Gasteiger partial charge in [0.15, 0.2) is 0 Å². The molecule has 2 fully saturated rings. The molecule has 1 saturated heterocycles. The second-order valence-electron chi connectivity index (χ2n) is 15.3. The van der Waals surface area contributed by atoms with Crippen molar-refractivity contribution in [2.24, 2.45) is 29.6 Å². The summed E-state index contributed by atoms with van der Waals surface area (Å²) in [5.74, 6) is 2.31. The summed E-state index contributed by atoms with van der Waals surface area (Å²) in [6, 6.07) is 11.9. The molecular formula is C41H62ClN3O4S. The van der Waals surface area contributed by atoms with E-state index in [1.165, 1.54) is 11.1 Å². The van der Waals surface area contributed by atoms with Crippen LogP contribution in [0.15, 0.2) is 36.4 Å². The molecule has 1 saturated carbocycles. The monoisotopic (exact) mass is 727 g/mol. The number of carbonyl (C=O) groups excluding carboxylic acids is 1. The van der Waals surface area contributed by atoms with Crippen molar-refractivity contribution < 1.29 is 18.8 Å². The van der Waals surface area contributed by atoms with Gasteiger partial charge in [0.05, 0.1) is 23.6 Å². The van der Waals surface area contributed by atoms with Gasteiger partial charge in [-0.05, 0) is 143 Å². The molecule has 7 nitrogen and oxygen atoms in total. The molecule has 6 rings (SSSR count). The summed E-state index contributed by atoms with van der Waals surface area (Å²) in [5, 5.41) is 12.6. The topological polar surface area (TPSA) is 82.1 Å². The van der Waals surface area contributed by atoms with Crippen LogP contribution in [0.2, 0.25) is 5.02 Å². The number of carbonyl (C=O) groups is 1. The third-order valence-corrected chi connectivity index (χ3v) is 14.0. The number of hydrogen-bond acceptors (Lipinski definition) is 6. The molecule has 2 aromatic carbocycles. The van der Waals surface area contributed by atoms with Crippen molar-refractivity contribution in [2.75, 3.05) is 44.7 Å². The van der Waals surface area contributed by atoms with Gasteiger partial charge in [0.2, 0.25) is 0 Å². The molecule has 278 valence electrons. The molecule has 3 heterocycles. The maximum Gasteiger partial charge on any atom is 0.263 e. The van der Waals surface area contributed by atoms with Crippen LogP contribution in [-0.2, 0) is 17.4 Å². The SMILES string of the molecule is CC.CCCc1cc(Cl)ccc1C1COc2ccc3cc2N(C1)CC1CCC1C(C(O)C1CCN(C)CC1)CCCC(C)C(C)S(=O)NC3=O. The van der Waals surface area contributed by atoms with Gasteiger partial charge in [0.1, 0.15) is 16.7 Å². The van der Waals surface area contributed by atoms with E-state index in [4.69, 9.17) is 16.3 Å². The number of benzene rings is 2. The van der Waals surface area contributed by atoms with Crippen molar-refractivity contribution in [1.29, 1.82) is 0 Å². The van der Waals surface area contributed by atoms with Crippen LogP contribution in [0.5, 0.6) is 5.75 Å². The summed E-state index contributed by atoms with van der Waals surface area (Å²) in [4.78, 5) is 18.3. The van der Waals surface area contributed by atoms with Crippen molar-refractivity contribution in [3.05, 3.63) is 58.1 Å². The summed E-state index contributed by atoms with van der Waals surface area (Å²) in [7, 11) is 0.677. The zero-order valence-corrected chi connectivity index (χ0v) is 32.9. The number of rotatable bonds is 5. The molecule has 9 heteroatoms. The maximum atomic E-state index is 13.5. The third kappa shape index (κ3) is 9.08. The van der Waals surface area contributed by atoms with Crippen molar-refractivity contribution in [3.8, 4) is 5.75 Å². The first-order valence-electron chi connectivity index (χ1n) is 19.5. The van der Waals surface area contributed by atoms with E-state index >= 15 is 0 Å². The second kappa shape index (κ2) is 18.1. The Morgan fingerprint density at radius 1 is 1.02 bits per heavy atom. The number of fused-ring (bicyclic) bond motifs is 2. The van der Waals surface area contributed by atoms with Gasteiger partial charge in [0, 0.05) is 29.6 Å². The zero-order valence-electron chi connectivity index (χ0n) is 31.3. The molecule has 2 N–H and O–H groups in total. The van der Waals surface area contributed by atoms with E-state index in [1.54, 1.807) is 6.07 Å². The molecule has 0 radical (unpaired) electrons. The van der Waals surface area contributed by atoms with Crippen molar-refractivity contribution in [3.63, 3.8) is 0 Å². The quantitative estimate of drug-likeness (QED) is 0.323. The number of ether oxygens (including phenoxy) is 1. The van der Waals surface area contributed by atoms with Gasteiger partial charge in [-0.1, -0.05) is 58.2 Å². The number of aliphatic hydroxyl groups is 1. The zero-order chi connectivity index (χ0) is 35.9. The third-order valence-electron chi connectivity index (χ3n) is 12.2. The van der Waals surface area contributed by atoms with Crippen molar-refractivity contribution in [2.45, 2.75) is 110 Å². The van der Waals surface area contributed by atoms with Crippen LogP contribution in [0.4, 0.5) is 5.69 Å². The van der Waals surface area contributed by atoms with E-state index < -0.39 is 11.0 Å². The Morgan fingerprint density at radius 3 is 2.48 bits per heavy atom. The molecule has 8 unspecified atom stereocenters. The van der Waals surface area contributed by atoms with E-state index in [9.17, 15) is 14.1 Å². The minimum Gasteiger partial charge on any atom is -0.491 e. The summed E-state index contributed by atoms with van der Waals surface area (Å²) < 4.78 is 22.8. The minimum absolute atomic E-state index is 0.132. The Bertz CT molecular complexity index is 1450. The Balaban J connectivity index is 0.00000239. The number of likely N-dealkylation sites (tertiary alicyclic amines) is 1. The predicted molar refractivity (Wildman–Crippen MR) is 208 cm³/mol. The Labute approximate surface area is 309 Å². The largest absolute Gasteiger partial charge is 0.491 e. The normalized spacial score (nSPS) is 30.4. The van der Waals surface area contributed by atoms with Gasteiger partial charge in [-0.3, -0.25) is 9.52 Å². The molecular weight excluding hydrogens is 666 g/mol. The highest BCUT2D eigenvalue weighted by atomic mass is 35.5. The standard InChI is InChI=1S/C39H56ClN3O4S.C2H6/c1-5-7-28-20-32(40)12-14-33(28)31-23-43-22-30-10-13-34(30)35(38(44)27-16-18-42(4)19-17-27)9-6-8-25(2)26(3)48(46)41-39(45)29-11-15-37(47-24-31)36(43)21-29;1-2/h11-12,14-15,20-21,25-27,30-31,34-35,38,44H,5-10,13,16-19,22-24H2,1-4H3,(H,41,45);1-2H3. The lowest BCUT2D eigenvalue weighted by Crippen LogP contribution is -2.48. The number of anilines is 1. The van der Waals surface area contributed by atoms with E-state index in [-0.39, 0.29) is 35.0 Å². The summed E-state index contributed by atoms with van der Waals surface area (Å²) in [5.41, 5.74) is 3.97. The molecule has 2 aromatic rings. The number of amides is 1. The highest BCUT2D eigenvalue weighted by molar-refractivity contribution is 7.84. The molecule has 1 aliphatic carbocycles. The maximum absolute atomic E-state index is 13.5. The Morgan fingerprint density at radius 2 is 1.78 bits per heavy atom. The number of aryl methyl sites for hydroxylation is 1. The second-order valence-corrected chi connectivity index (χ2v) is 17.3. The summed E-state index contributed by atoms with van der Waals surface area (Å²) in [6.45, 7) is 14.6. The highest BCUT2D eigenvalue weighted by Gasteiger charge is 2.43. The molecule has 2 bridgehead atoms. The number of aliphatic hydroxyl groups excluding tert-OH is 1. The van der Waals surface area contributed by atoms with Crippen LogP contribution >= 0.6 is 11.6 Å². The molecule has 0 aromatic heterocycles. The molecule has 1 amide bonds. The molecule has 3 aliphatic heterocycles. The van der Waals surface area contributed by atoms with Crippen LogP contribution in [0, 0.1) is 29.6 Å². The van der Waals surface area contributed by atoms with Crippen molar-refractivity contribution >= 4 is 34.2 Å². The summed E-state index contributed by atoms with van der Waals surface area (Å²) >= 11 is 6.47. The van der Waals surface area contributed by atoms with Gasteiger partial charge in [-0.2, -0.15) is 0 Å². The lowest BCUT2D eigenvalue weighted by Gasteiger charge is -2.48. The van der Waals surface area contributed by atoms with Crippen LogP contribution in [0.3, 0.4) is 0 Å². The van der Waals surface area contributed by atoms with Gasteiger partial charge in [-0.15, -0.1) is 0 Å². The molecule has 0 spiro atoms. The smallest absolute Gasteiger partial charge is 0.263 e. The lowest BCUT2D eigenvalue weighted by atomic mass is 9.62. The minimum atomic E-state index is -1.51.